The number of fused-ring (bicyclic) bond motifs is 1. The predicted molar refractivity (Wildman–Crippen MR) is 116 cm³/mol. The molecule has 0 aliphatic carbocycles. The van der Waals surface area contributed by atoms with Crippen molar-refractivity contribution < 1.29 is 14.3 Å². The molecule has 1 fully saturated rings. The molecule has 3 aromatic rings. The van der Waals surface area contributed by atoms with Gasteiger partial charge in [0.05, 0.1) is 23.2 Å². The van der Waals surface area contributed by atoms with Crippen LogP contribution in [0.15, 0.2) is 42.5 Å². The number of thiazole rings is 1. The minimum absolute atomic E-state index is 0.116. The summed E-state index contributed by atoms with van der Waals surface area (Å²) in [6.07, 6.45) is 2.22. The van der Waals surface area contributed by atoms with Gasteiger partial charge in [0.1, 0.15) is 11.9 Å². The van der Waals surface area contributed by atoms with Gasteiger partial charge in [-0.3, -0.25) is 4.79 Å². The number of hydrogen-bond donors (Lipinski definition) is 0. The van der Waals surface area contributed by atoms with Gasteiger partial charge in [0.15, 0.2) is 0 Å². The topological polar surface area (TPSA) is 51.7 Å². The van der Waals surface area contributed by atoms with Gasteiger partial charge in [-0.2, -0.15) is 0 Å². The third kappa shape index (κ3) is 4.70. The molecule has 1 amide bonds. The summed E-state index contributed by atoms with van der Waals surface area (Å²) in [5, 5.41) is 0.730. The Labute approximate surface area is 175 Å². The first-order valence-corrected chi connectivity index (χ1v) is 11.0. The second-order valence-electron chi connectivity index (χ2n) is 7.35. The number of aryl methyl sites for hydroxylation is 1. The predicted octanol–water partition coefficient (Wildman–Crippen LogP) is 4.62. The first-order valence-electron chi connectivity index (χ1n) is 10.1. The molecule has 2 aromatic carbocycles. The molecule has 1 aliphatic rings. The number of benzene rings is 2. The van der Waals surface area contributed by atoms with Crippen molar-refractivity contribution in [3.8, 4) is 10.9 Å². The first kappa shape index (κ1) is 19.7. The lowest BCUT2D eigenvalue weighted by molar-refractivity contribution is -0.132. The fourth-order valence-electron chi connectivity index (χ4n) is 3.64. The highest BCUT2D eigenvalue weighted by Crippen LogP contribution is 2.31. The van der Waals surface area contributed by atoms with Gasteiger partial charge in [0, 0.05) is 25.9 Å². The van der Waals surface area contributed by atoms with E-state index in [9.17, 15) is 4.79 Å². The molecular formula is C23H26N2O3S. The summed E-state index contributed by atoms with van der Waals surface area (Å²) in [5.74, 6) is 1.01. The standard InChI is InChI=1S/C23H26N2O3S/c1-3-27-18-9-7-17(8-10-18)15-21(26)25-13-11-19(12-14-25)28-23-24-22-16(2)5-4-6-20(22)29-23/h4-10,19H,3,11-15H2,1-2H3. The van der Waals surface area contributed by atoms with Crippen molar-refractivity contribution in [1.82, 2.24) is 9.88 Å². The molecule has 0 radical (unpaired) electrons. The summed E-state index contributed by atoms with van der Waals surface area (Å²) >= 11 is 1.59. The summed E-state index contributed by atoms with van der Waals surface area (Å²) in [6, 6.07) is 14.0. The van der Waals surface area contributed by atoms with Crippen LogP contribution in [-0.4, -0.2) is 41.6 Å². The van der Waals surface area contributed by atoms with Crippen LogP contribution in [0, 0.1) is 6.92 Å². The minimum Gasteiger partial charge on any atom is -0.494 e. The van der Waals surface area contributed by atoms with E-state index in [1.54, 1.807) is 11.3 Å². The number of aromatic nitrogens is 1. The summed E-state index contributed by atoms with van der Waals surface area (Å²) in [6.45, 7) is 6.13. The van der Waals surface area contributed by atoms with Crippen molar-refractivity contribution in [2.75, 3.05) is 19.7 Å². The lowest BCUT2D eigenvalue weighted by Gasteiger charge is -2.31. The van der Waals surface area contributed by atoms with E-state index < -0.39 is 0 Å². The van der Waals surface area contributed by atoms with Crippen LogP contribution in [0.3, 0.4) is 0 Å². The Morgan fingerprint density at radius 3 is 2.62 bits per heavy atom. The van der Waals surface area contributed by atoms with E-state index in [1.165, 1.54) is 5.56 Å². The number of likely N-dealkylation sites (tertiary alicyclic amines) is 1. The van der Waals surface area contributed by atoms with Crippen LogP contribution in [0.5, 0.6) is 10.9 Å². The van der Waals surface area contributed by atoms with Crippen LogP contribution in [0.4, 0.5) is 0 Å². The number of ether oxygens (including phenoxy) is 2. The molecule has 5 nitrogen and oxygen atoms in total. The lowest BCUT2D eigenvalue weighted by Crippen LogP contribution is -2.42. The number of amides is 1. The number of hydrogen-bond acceptors (Lipinski definition) is 5. The molecule has 1 aromatic heterocycles. The Kier molecular flexibility index (Phi) is 6.00. The van der Waals surface area contributed by atoms with Crippen LogP contribution in [0.25, 0.3) is 10.2 Å². The minimum atomic E-state index is 0.116. The summed E-state index contributed by atoms with van der Waals surface area (Å²) in [4.78, 5) is 19.2. The van der Waals surface area contributed by atoms with Crippen molar-refractivity contribution in [3.05, 3.63) is 53.6 Å². The van der Waals surface area contributed by atoms with Gasteiger partial charge >= 0.3 is 0 Å². The molecule has 0 saturated carbocycles. The molecule has 4 rings (SSSR count). The molecule has 152 valence electrons. The number of rotatable bonds is 6. The van der Waals surface area contributed by atoms with Gasteiger partial charge in [-0.1, -0.05) is 35.6 Å². The zero-order valence-corrected chi connectivity index (χ0v) is 17.7. The van der Waals surface area contributed by atoms with Crippen molar-refractivity contribution in [3.63, 3.8) is 0 Å². The quantitative estimate of drug-likeness (QED) is 0.595. The van der Waals surface area contributed by atoms with Crippen LogP contribution in [-0.2, 0) is 11.2 Å². The Balaban J connectivity index is 1.29. The molecule has 2 heterocycles. The monoisotopic (exact) mass is 410 g/mol. The Hall–Kier alpha value is -2.60. The molecule has 29 heavy (non-hydrogen) atoms. The zero-order valence-electron chi connectivity index (χ0n) is 16.9. The second-order valence-corrected chi connectivity index (χ2v) is 8.35. The fraction of sp³-hybridized carbons (Fsp3) is 0.391. The Bertz CT molecular complexity index is 975. The fourth-order valence-corrected chi connectivity index (χ4v) is 4.60. The van der Waals surface area contributed by atoms with E-state index in [2.05, 4.69) is 24.0 Å². The van der Waals surface area contributed by atoms with Gasteiger partial charge in [-0.25, -0.2) is 4.98 Å². The largest absolute Gasteiger partial charge is 0.494 e. The van der Waals surface area contributed by atoms with Gasteiger partial charge < -0.3 is 14.4 Å². The van der Waals surface area contributed by atoms with E-state index in [0.29, 0.717) is 13.0 Å². The molecular weight excluding hydrogens is 384 g/mol. The van der Waals surface area contributed by atoms with Crippen LogP contribution < -0.4 is 9.47 Å². The van der Waals surface area contributed by atoms with Crippen molar-refractivity contribution >= 4 is 27.5 Å². The highest BCUT2D eigenvalue weighted by atomic mass is 32.1. The van der Waals surface area contributed by atoms with Gasteiger partial charge in [0.25, 0.3) is 5.19 Å². The average molecular weight is 411 g/mol. The summed E-state index contributed by atoms with van der Waals surface area (Å²) in [5.41, 5.74) is 3.21. The van der Waals surface area contributed by atoms with Crippen molar-refractivity contribution in [2.24, 2.45) is 0 Å². The maximum absolute atomic E-state index is 12.6. The van der Waals surface area contributed by atoms with Crippen molar-refractivity contribution in [2.45, 2.75) is 39.2 Å². The first-order chi connectivity index (χ1) is 14.1. The molecule has 0 unspecified atom stereocenters. The summed E-state index contributed by atoms with van der Waals surface area (Å²) in [7, 11) is 0. The van der Waals surface area contributed by atoms with Crippen LogP contribution >= 0.6 is 11.3 Å². The van der Waals surface area contributed by atoms with Gasteiger partial charge in [0.2, 0.25) is 5.91 Å². The van der Waals surface area contributed by atoms with E-state index in [4.69, 9.17) is 9.47 Å². The van der Waals surface area contributed by atoms with E-state index in [0.717, 1.165) is 52.7 Å². The number of nitrogens with zero attached hydrogens (tertiary/aromatic N) is 2. The SMILES string of the molecule is CCOc1ccc(CC(=O)N2CCC(Oc3nc4c(C)cccc4s3)CC2)cc1. The highest BCUT2D eigenvalue weighted by Gasteiger charge is 2.25. The van der Waals surface area contributed by atoms with Gasteiger partial charge in [-0.05, 0) is 43.2 Å². The number of para-hydroxylation sites is 1. The molecule has 1 aliphatic heterocycles. The van der Waals surface area contributed by atoms with Crippen molar-refractivity contribution in [1.29, 1.82) is 0 Å². The second kappa shape index (κ2) is 8.82. The number of piperidine rings is 1. The lowest BCUT2D eigenvalue weighted by atomic mass is 10.1. The van der Waals surface area contributed by atoms with Gasteiger partial charge in [-0.15, -0.1) is 0 Å². The van der Waals surface area contributed by atoms with E-state index in [1.807, 2.05) is 42.2 Å². The maximum Gasteiger partial charge on any atom is 0.274 e. The van der Waals surface area contributed by atoms with E-state index >= 15 is 0 Å². The van der Waals surface area contributed by atoms with Crippen LogP contribution in [0.2, 0.25) is 0 Å². The average Bonchev–Trinajstić information content (AvgIpc) is 3.14. The Morgan fingerprint density at radius 1 is 1.17 bits per heavy atom. The smallest absolute Gasteiger partial charge is 0.274 e. The third-order valence-electron chi connectivity index (χ3n) is 5.25. The molecule has 0 spiro atoms. The van der Waals surface area contributed by atoms with E-state index in [-0.39, 0.29) is 12.0 Å². The molecule has 0 atom stereocenters. The number of carbonyl (C=O) groups is 1. The Morgan fingerprint density at radius 2 is 1.93 bits per heavy atom. The molecule has 6 heteroatoms. The number of carbonyl (C=O) groups excluding carboxylic acids is 1. The molecule has 0 bridgehead atoms. The van der Waals surface area contributed by atoms with Crippen LogP contribution in [0.1, 0.15) is 30.9 Å². The highest BCUT2D eigenvalue weighted by molar-refractivity contribution is 7.20. The summed E-state index contributed by atoms with van der Waals surface area (Å²) < 4.78 is 12.7. The molecule has 1 saturated heterocycles. The maximum atomic E-state index is 12.6. The molecule has 0 N–H and O–H groups in total. The normalized spacial score (nSPS) is 14.9. The zero-order chi connectivity index (χ0) is 20.2. The third-order valence-corrected chi connectivity index (χ3v) is 6.16.